The average Bonchev–Trinajstić information content (AvgIpc) is 3.32. The van der Waals surface area contributed by atoms with Crippen LogP contribution in [0.5, 0.6) is 0 Å². The Morgan fingerprint density at radius 3 is 2.25 bits per heavy atom. The minimum atomic E-state index is -0.362. The molecule has 0 aliphatic rings. The van der Waals surface area contributed by atoms with Gasteiger partial charge < -0.3 is 9.36 Å². The molecule has 1 heterocycles. The van der Waals surface area contributed by atoms with Crippen LogP contribution in [0.1, 0.15) is 88.6 Å². The molecule has 0 aliphatic carbocycles. The Morgan fingerprint density at radius 1 is 0.917 bits per heavy atom. The third-order valence-electron chi connectivity index (χ3n) is 6.04. The van der Waals surface area contributed by atoms with Crippen LogP contribution in [-0.4, -0.2) is 21.2 Å². The molecule has 194 valence electrons. The summed E-state index contributed by atoms with van der Waals surface area (Å²) in [5, 5.41) is 6.43. The normalized spacial score (nSPS) is 11.2. The highest BCUT2D eigenvalue weighted by Gasteiger charge is 2.13. The maximum Gasteiger partial charge on any atom is 0.322 e. The molecule has 3 rings (SSSR count). The van der Waals surface area contributed by atoms with Crippen molar-refractivity contribution < 1.29 is 14.2 Å². The second-order valence-electron chi connectivity index (χ2n) is 9.30. The summed E-state index contributed by atoms with van der Waals surface area (Å²) in [7, 11) is 0. The number of rotatable bonds is 16. The number of hydrogen-bond acceptors (Lipinski definition) is 6. The molecular weight excluding hydrogens is 474 g/mol. The number of nitrogens with zero attached hydrogens (tertiary/aromatic N) is 3. The predicted octanol–water partition coefficient (Wildman–Crippen LogP) is 7.94. The predicted molar refractivity (Wildman–Crippen MR) is 143 cm³/mol. The van der Waals surface area contributed by atoms with E-state index in [-0.39, 0.29) is 5.97 Å². The lowest BCUT2D eigenvalue weighted by Crippen LogP contribution is -2.25. The van der Waals surface area contributed by atoms with Gasteiger partial charge in [-0.25, -0.2) is 0 Å². The highest BCUT2D eigenvalue weighted by atomic mass is 35.5. The second kappa shape index (κ2) is 15.4. The molecule has 0 unspecified atom stereocenters. The number of hydroxylamine groups is 2. The molecule has 0 amide bonds. The van der Waals surface area contributed by atoms with E-state index in [4.69, 9.17) is 21.0 Å². The number of benzene rings is 2. The maximum atomic E-state index is 11.6. The standard InChI is InChI=1S/C29H38ClN3O3/c1-3-4-5-6-7-8-9-10-11-15-28-31-29(35-32-28)26-18-16-24(17-19-26)21-33(36-23(2)34)22-25-13-12-14-27(30)20-25/h12-14,16-20H,3-11,15,21-22H2,1-2H3. The number of unbranched alkanes of at least 4 members (excludes halogenated alkanes) is 8. The van der Waals surface area contributed by atoms with Crippen LogP contribution < -0.4 is 0 Å². The summed E-state index contributed by atoms with van der Waals surface area (Å²) in [5.74, 6) is 0.932. The molecule has 0 fully saturated rings. The van der Waals surface area contributed by atoms with Gasteiger partial charge in [-0.2, -0.15) is 4.98 Å². The third-order valence-corrected chi connectivity index (χ3v) is 6.27. The molecule has 36 heavy (non-hydrogen) atoms. The number of carbonyl (C=O) groups is 1. The Kier molecular flexibility index (Phi) is 11.9. The smallest absolute Gasteiger partial charge is 0.322 e. The van der Waals surface area contributed by atoms with Crippen LogP contribution >= 0.6 is 11.6 Å². The van der Waals surface area contributed by atoms with Gasteiger partial charge in [-0.05, 0) is 41.8 Å². The molecule has 0 N–H and O–H groups in total. The van der Waals surface area contributed by atoms with Crippen LogP contribution in [0.2, 0.25) is 5.02 Å². The Labute approximate surface area is 219 Å². The van der Waals surface area contributed by atoms with Gasteiger partial charge in [0.05, 0.1) is 13.1 Å². The fourth-order valence-electron chi connectivity index (χ4n) is 4.16. The van der Waals surface area contributed by atoms with E-state index in [1.165, 1.54) is 58.3 Å². The van der Waals surface area contributed by atoms with E-state index in [1.54, 1.807) is 5.06 Å². The molecule has 0 saturated heterocycles. The molecule has 0 aliphatic heterocycles. The summed E-state index contributed by atoms with van der Waals surface area (Å²) in [6, 6.07) is 15.4. The van der Waals surface area contributed by atoms with E-state index in [0.29, 0.717) is 24.0 Å². The van der Waals surface area contributed by atoms with Crippen molar-refractivity contribution in [2.45, 2.75) is 91.1 Å². The van der Waals surface area contributed by atoms with E-state index >= 15 is 0 Å². The Bertz CT molecular complexity index is 1050. The SMILES string of the molecule is CCCCCCCCCCCc1noc(-c2ccc(CN(Cc3cccc(Cl)c3)OC(C)=O)cc2)n1. The number of halogens is 1. The molecule has 7 heteroatoms. The van der Waals surface area contributed by atoms with E-state index in [0.717, 1.165) is 35.4 Å². The molecule has 1 aromatic heterocycles. The maximum absolute atomic E-state index is 11.6. The zero-order valence-electron chi connectivity index (χ0n) is 21.5. The topological polar surface area (TPSA) is 68.5 Å². The lowest BCUT2D eigenvalue weighted by atomic mass is 10.1. The van der Waals surface area contributed by atoms with Crippen molar-refractivity contribution in [3.05, 3.63) is 70.5 Å². The van der Waals surface area contributed by atoms with Crippen LogP contribution in [0.4, 0.5) is 0 Å². The molecule has 0 radical (unpaired) electrons. The second-order valence-corrected chi connectivity index (χ2v) is 9.74. The van der Waals surface area contributed by atoms with Crippen molar-refractivity contribution in [1.82, 2.24) is 15.2 Å². The van der Waals surface area contributed by atoms with E-state index in [1.807, 2.05) is 48.5 Å². The molecule has 0 atom stereocenters. The van der Waals surface area contributed by atoms with Crippen molar-refractivity contribution in [2.24, 2.45) is 0 Å². The summed E-state index contributed by atoms with van der Waals surface area (Å²) in [4.78, 5) is 21.6. The van der Waals surface area contributed by atoms with Crippen molar-refractivity contribution >= 4 is 17.6 Å². The number of aromatic nitrogens is 2. The molecular formula is C29H38ClN3O3. The minimum Gasteiger partial charge on any atom is -0.368 e. The molecule has 0 spiro atoms. The molecule has 0 bridgehead atoms. The zero-order chi connectivity index (χ0) is 25.6. The Hall–Kier alpha value is -2.70. The van der Waals surface area contributed by atoms with E-state index < -0.39 is 0 Å². The van der Waals surface area contributed by atoms with Gasteiger partial charge in [-0.15, -0.1) is 5.06 Å². The van der Waals surface area contributed by atoms with Gasteiger partial charge in [0.2, 0.25) is 0 Å². The van der Waals surface area contributed by atoms with Crippen molar-refractivity contribution in [1.29, 1.82) is 0 Å². The van der Waals surface area contributed by atoms with E-state index in [2.05, 4.69) is 17.1 Å². The quantitative estimate of drug-likeness (QED) is 0.143. The Balaban J connectivity index is 1.46. The van der Waals surface area contributed by atoms with Crippen LogP contribution in [-0.2, 0) is 29.1 Å². The van der Waals surface area contributed by atoms with Crippen LogP contribution in [0.15, 0.2) is 53.1 Å². The first-order chi connectivity index (χ1) is 17.5. The minimum absolute atomic E-state index is 0.362. The van der Waals surface area contributed by atoms with Gasteiger partial charge in [0.25, 0.3) is 5.89 Å². The number of aryl methyl sites for hydroxylation is 1. The van der Waals surface area contributed by atoms with Gasteiger partial charge in [-0.1, -0.05) is 99.3 Å². The summed E-state index contributed by atoms with van der Waals surface area (Å²) in [6.45, 7) is 4.54. The van der Waals surface area contributed by atoms with E-state index in [9.17, 15) is 4.79 Å². The van der Waals surface area contributed by atoms with Gasteiger partial charge in [-0.3, -0.25) is 4.79 Å². The molecule has 0 saturated carbocycles. The molecule has 3 aromatic rings. The van der Waals surface area contributed by atoms with Crippen molar-refractivity contribution in [2.75, 3.05) is 0 Å². The first-order valence-electron chi connectivity index (χ1n) is 13.1. The Morgan fingerprint density at radius 2 is 1.58 bits per heavy atom. The average molecular weight is 512 g/mol. The first kappa shape index (κ1) is 27.9. The summed E-state index contributed by atoms with van der Waals surface area (Å²) in [5.41, 5.74) is 2.83. The lowest BCUT2D eigenvalue weighted by Gasteiger charge is -2.21. The van der Waals surface area contributed by atoms with Gasteiger partial charge in [0, 0.05) is 23.9 Å². The largest absolute Gasteiger partial charge is 0.368 e. The fraction of sp³-hybridized carbons (Fsp3) is 0.483. The number of hydrogen-bond donors (Lipinski definition) is 0. The summed E-state index contributed by atoms with van der Waals surface area (Å²) in [6.07, 6.45) is 12.5. The molecule has 6 nitrogen and oxygen atoms in total. The zero-order valence-corrected chi connectivity index (χ0v) is 22.3. The van der Waals surface area contributed by atoms with Gasteiger partial charge >= 0.3 is 5.97 Å². The fourth-order valence-corrected chi connectivity index (χ4v) is 4.38. The van der Waals surface area contributed by atoms with Gasteiger partial charge in [0.15, 0.2) is 5.82 Å². The van der Waals surface area contributed by atoms with Crippen LogP contribution in [0.3, 0.4) is 0 Å². The van der Waals surface area contributed by atoms with Gasteiger partial charge in [0.1, 0.15) is 0 Å². The number of carbonyl (C=O) groups excluding carboxylic acids is 1. The molecule has 2 aromatic carbocycles. The van der Waals surface area contributed by atoms with Crippen molar-refractivity contribution in [3.63, 3.8) is 0 Å². The van der Waals surface area contributed by atoms with Crippen molar-refractivity contribution in [3.8, 4) is 11.5 Å². The lowest BCUT2D eigenvalue weighted by molar-refractivity contribution is -0.194. The van der Waals surface area contributed by atoms with Crippen LogP contribution in [0, 0.1) is 0 Å². The summed E-state index contributed by atoms with van der Waals surface area (Å²) >= 11 is 6.09. The van der Waals surface area contributed by atoms with Crippen LogP contribution in [0.25, 0.3) is 11.5 Å². The monoisotopic (exact) mass is 511 g/mol. The highest BCUT2D eigenvalue weighted by Crippen LogP contribution is 2.21. The highest BCUT2D eigenvalue weighted by molar-refractivity contribution is 6.30. The summed E-state index contributed by atoms with van der Waals surface area (Å²) < 4.78 is 5.49. The first-order valence-corrected chi connectivity index (χ1v) is 13.5. The third kappa shape index (κ3) is 10.1.